The van der Waals surface area contributed by atoms with Crippen molar-refractivity contribution in [2.75, 3.05) is 0 Å². The van der Waals surface area contributed by atoms with E-state index in [0.29, 0.717) is 5.82 Å². The molecule has 0 spiro atoms. The summed E-state index contributed by atoms with van der Waals surface area (Å²) in [5, 5.41) is 8.17. The van der Waals surface area contributed by atoms with Gasteiger partial charge in [-0.05, 0) is 19.1 Å². The second-order valence-corrected chi connectivity index (χ2v) is 2.02. The summed E-state index contributed by atoms with van der Waals surface area (Å²) in [6, 6.07) is 5.48. The predicted molar refractivity (Wildman–Crippen MR) is 42.0 cm³/mol. The number of aromatic nitrogens is 1. The summed E-state index contributed by atoms with van der Waals surface area (Å²) in [7, 11) is 0. The van der Waals surface area contributed by atoms with Gasteiger partial charge in [0.1, 0.15) is 6.34 Å². The van der Waals surface area contributed by atoms with E-state index in [2.05, 4.69) is 9.98 Å². The lowest BCUT2D eigenvalue weighted by Crippen LogP contribution is -2.01. The third kappa shape index (κ3) is 2.35. The van der Waals surface area contributed by atoms with Crippen LogP contribution in [-0.4, -0.2) is 16.5 Å². The molecule has 4 nitrogen and oxygen atoms in total. The molecule has 1 rings (SSSR count). The molecule has 1 heterocycles. The Kier molecular flexibility index (Phi) is 2.57. The molecule has 0 unspecified atom stereocenters. The normalized spacial score (nSPS) is 10.4. The number of hydrogen-bond acceptors (Lipinski definition) is 3. The minimum absolute atomic E-state index is 0.576. The van der Waals surface area contributed by atoms with E-state index in [4.69, 9.17) is 5.21 Å². The fourth-order valence-electron chi connectivity index (χ4n) is 0.696. The summed E-state index contributed by atoms with van der Waals surface area (Å²) >= 11 is 0. The maximum atomic E-state index is 8.17. The summed E-state index contributed by atoms with van der Waals surface area (Å²) in [4.78, 5) is 7.85. The van der Waals surface area contributed by atoms with Crippen molar-refractivity contribution >= 4 is 12.2 Å². The van der Waals surface area contributed by atoms with Crippen molar-refractivity contribution in [3.63, 3.8) is 0 Å². The molecular weight excluding hydrogens is 142 g/mol. The quantitative estimate of drug-likeness (QED) is 0.377. The van der Waals surface area contributed by atoms with Crippen molar-refractivity contribution in [3.8, 4) is 0 Å². The maximum Gasteiger partial charge on any atom is 0.153 e. The zero-order valence-corrected chi connectivity index (χ0v) is 6.15. The molecule has 0 atom stereocenters. The van der Waals surface area contributed by atoms with Gasteiger partial charge < -0.3 is 0 Å². The number of nitrogens with zero attached hydrogens (tertiary/aromatic N) is 2. The third-order valence-corrected chi connectivity index (χ3v) is 1.13. The van der Waals surface area contributed by atoms with Crippen LogP contribution in [0, 0.1) is 6.92 Å². The zero-order chi connectivity index (χ0) is 8.10. The summed E-state index contributed by atoms with van der Waals surface area (Å²) < 4.78 is 0. The van der Waals surface area contributed by atoms with Crippen molar-refractivity contribution in [2.45, 2.75) is 6.92 Å². The Morgan fingerprint density at radius 3 is 3.09 bits per heavy atom. The Morgan fingerprint density at radius 2 is 2.45 bits per heavy atom. The first-order chi connectivity index (χ1) is 5.33. The third-order valence-electron chi connectivity index (χ3n) is 1.13. The van der Waals surface area contributed by atoms with E-state index in [9.17, 15) is 0 Å². The number of aryl methyl sites for hydroxylation is 1. The molecule has 0 fully saturated rings. The van der Waals surface area contributed by atoms with Gasteiger partial charge in [0.25, 0.3) is 0 Å². The van der Waals surface area contributed by atoms with E-state index in [1.165, 1.54) is 6.34 Å². The SMILES string of the molecule is Cc1cccc(/N=C/NO)n1. The Balaban J connectivity index is 2.79. The molecule has 0 amide bonds. The molecule has 11 heavy (non-hydrogen) atoms. The van der Waals surface area contributed by atoms with Gasteiger partial charge in [-0.15, -0.1) is 0 Å². The van der Waals surface area contributed by atoms with E-state index in [0.717, 1.165) is 5.69 Å². The van der Waals surface area contributed by atoms with Crippen LogP contribution in [0.4, 0.5) is 5.82 Å². The predicted octanol–water partition coefficient (Wildman–Crippen LogP) is 1.03. The molecule has 1 aromatic rings. The van der Waals surface area contributed by atoms with E-state index in [1.807, 2.05) is 19.1 Å². The monoisotopic (exact) mass is 151 g/mol. The highest BCUT2D eigenvalue weighted by Gasteiger charge is 1.87. The number of nitrogens with one attached hydrogen (secondary N) is 1. The summed E-state index contributed by atoms with van der Waals surface area (Å²) in [5.41, 5.74) is 2.70. The zero-order valence-electron chi connectivity index (χ0n) is 6.15. The van der Waals surface area contributed by atoms with E-state index < -0.39 is 0 Å². The van der Waals surface area contributed by atoms with Gasteiger partial charge in [0.15, 0.2) is 5.82 Å². The molecule has 58 valence electrons. The number of rotatable bonds is 2. The molecule has 1 aromatic heterocycles. The van der Waals surface area contributed by atoms with Gasteiger partial charge >= 0.3 is 0 Å². The van der Waals surface area contributed by atoms with Gasteiger partial charge in [-0.2, -0.15) is 0 Å². The van der Waals surface area contributed by atoms with Crippen LogP contribution in [-0.2, 0) is 0 Å². The van der Waals surface area contributed by atoms with Gasteiger partial charge in [0.2, 0.25) is 0 Å². The lowest BCUT2D eigenvalue weighted by molar-refractivity contribution is 0.240. The average molecular weight is 151 g/mol. The van der Waals surface area contributed by atoms with Crippen LogP contribution >= 0.6 is 0 Å². The molecule has 0 aromatic carbocycles. The van der Waals surface area contributed by atoms with Gasteiger partial charge in [0, 0.05) is 5.69 Å². The van der Waals surface area contributed by atoms with E-state index in [1.54, 1.807) is 11.5 Å². The molecule has 0 aliphatic heterocycles. The second-order valence-electron chi connectivity index (χ2n) is 2.02. The minimum Gasteiger partial charge on any atom is -0.290 e. The van der Waals surface area contributed by atoms with Crippen molar-refractivity contribution in [1.29, 1.82) is 0 Å². The number of hydrogen-bond donors (Lipinski definition) is 2. The van der Waals surface area contributed by atoms with E-state index >= 15 is 0 Å². The average Bonchev–Trinajstić information content (AvgIpc) is 2.01. The Hall–Kier alpha value is -1.42. The molecule has 0 saturated carbocycles. The first kappa shape index (κ1) is 7.68. The number of pyridine rings is 1. The van der Waals surface area contributed by atoms with Gasteiger partial charge in [-0.1, -0.05) is 6.07 Å². The Bertz CT molecular complexity index is 260. The van der Waals surface area contributed by atoms with Crippen LogP contribution in [0.2, 0.25) is 0 Å². The molecule has 0 aliphatic carbocycles. The standard InChI is InChI=1S/C7H9N3O/c1-6-3-2-4-7(10-6)8-5-9-11/h2-5,11H,1H3,(H,8,9,10). The van der Waals surface area contributed by atoms with Gasteiger partial charge in [0.05, 0.1) is 0 Å². The first-order valence-electron chi connectivity index (χ1n) is 3.19. The van der Waals surface area contributed by atoms with Crippen LogP contribution in [0.3, 0.4) is 0 Å². The van der Waals surface area contributed by atoms with Crippen LogP contribution in [0.5, 0.6) is 0 Å². The van der Waals surface area contributed by atoms with E-state index in [-0.39, 0.29) is 0 Å². The molecule has 0 radical (unpaired) electrons. The van der Waals surface area contributed by atoms with Gasteiger partial charge in [-0.25, -0.2) is 9.98 Å². The van der Waals surface area contributed by atoms with Crippen molar-refractivity contribution in [2.24, 2.45) is 4.99 Å². The van der Waals surface area contributed by atoms with Crippen molar-refractivity contribution < 1.29 is 5.21 Å². The second kappa shape index (κ2) is 3.68. The fraction of sp³-hybridized carbons (Fsp3) is 0.143. The highest BCUT2D eigenvalue weighted by atomic mass is 16.5. The lowest BCUT2D eigenvalue weighted by Gasteiger charge is -1.92. The molecule has 2 N–H and O–H groups in total. The summed E-state index contributed by atoms with van der Waals surface area (Å²) in [6.07, 6.45) is 1.17. The van der Waals surface area contributed by atoms with Crippen molar-refractivity contribution in [1.82, 2.24) is 10.5 Å². The number of hydroxylamine groups is 1. The smallest absolute Gasteiger partial charge is 0.153 e. The lowest BCUT2D eigenvalue weighted by atomic mass is 10.4. The van der Waals surface area contributed by atoms with Crippen LogP contribution in [0.25, 0.3) is 0 Å². The first-order valence-corrected chi connectivity index (χ1v) is 3.19. The largest absolute Gasteiger partial charge is 0.290 e. The molecule has 0 aliphatic rings. The Labute approximate surface area is 64.6 Å². The summed E-state index contributed by atoms with van der Waals surface area (Å²) in [6.45, 7) is 1.88. The summed E-state index contributed by atoms with van der Waals surface area (Å²) in [5.74, 6) is 0.576. The highest BCUT2D eigenvalue weighted by molar-refractivity contribution is 5.57. The Morgan fingerprint density at radius 1 is 1.64 bits per heavy atom. The fourth-order valence-corrected chi connectivity index (χ4v) is 0.696. The number of aliphatic imine (C=N–C) groups is 1. The maximum absolute atomic E-state index is 8.17. The van der Waals surface area contributed by atoms with Crippen LogP contribution < -0.4 is 5.48 Å². The molecule has 4 heteroatoms. The topological polar surface area (TPSA) is 57.5 Å². The molecular formula is C7H9N3O. The van der Waals surface area contributed by atoms with Gasteiger partial charge in [-0.3, -0.25) is 10.7 Å². The van der Waals surface area contributed by atoms with Crippen LogP contribution in [0.15, 0.2) is 23.2 Å². The molecule has 0 bridgehead atoms. The molecule has 0 saturated heterocycles. The van der Waals surface area contributed by atoms with Crippen LogP contribution in [0.1, 0.15) is 5.69 Å². The highest BCUT2D eigenvalue weighted by Crippen LogP contribution is 2.05. The van der Waals surface area contributed by atoms with Crippen molar-refractivity contribution in [3.05, 3.63) is 23.9 Å². The minimum atomic E-state index is 0.576.